The third-order valence-corrected chi connectivity index (χ3v) is 9.66. The summed E-state index contributed by atoms with van der Waals surface area (Å²) >= 11 is 25.5. The number of rotatable bonds is 11. The summed E-state index contributed by atoms with van der Waals surface area (Å²) in [5, 5.41) is 3.53. The van der Waals surface area contributed by atoms with Crippen LogP contribution in [0.4, 0.5) is 5.69 Å². The number of hydrogen-bond donors (Lipinski definition) is 1. The molecule has 3 aromatic carbocycles. The van der Waals surface area contributed by atoms with Crippen LogP contribution in [-0.4, -0.2) is 43.8 Å². The van der Waals surface area contributed by atoms with Crippen LogP contribution in [0.15, 0.2) is 71.6 Å². The molecule has 0 aromatic heterocycles. The molecular weight excluding hydrogens is 616 g/mol. The van der Waals surface area contributed by atoms with Gasteiger partial charge in [-0.05, 0) is 56.7 Å². The van der Waals surface area contributed by atoms with Gasteiger partial charge in [-0.25, -0.2) is 8.42 Å². The molecule has 0 fully saturated rings. The van der Waals surface area contributed by atoms with E-state index in [4.69, 9.17) is 46.4 Å². The Bertz CT molecular complexity index is 1450. The fourth-order valence-corrected chi connectivity index (χ4v) is 6.23. The number of amides is 2. The average Bonchev–Trinajstić information content (AvgIpc) is 2.93. The van der Waals surface area contributed by atoms with Gasteiger partial charge < -0.3 is 10.2 Å². The van der Waals surface area contributed by atoms with Crippen molar-refractivity contribution < 1.29 is 18.0 Å². The minimum absolute atomic E-state index is 0.0128. The fourth-order valence-electron chi connectivity index (χ4n) is 3.82. The first kappa shape index (κ1) is 32.0. The van der Waals surface area contributed by atoms with E-state index in [9.17, 15) is 18.0 Å². The van der Waals surface area contributed by atoms with Gasteiger partial charge in [0.15, 0.2) is 0 Å². The van der Waals surface area contributed by atoms with Gasteiger partial charge in [0.2, 0.25) is 11.8 Å². The van der Waals surface area contributed by atoms with Gasteiger partial charge in [-0.1, -0.05) is 83.7 Å². The largest absolute Gasteiger partial charge is 0.352 e. The molecule has 2 atom stereocenters. The Labute approximate surface area is 255 Å². The van der Waals surface area contributed by atoms with Crippen molar-refractivity contribution in [2.45, 2.75) is 50.7 Å². The molecule has 0 aliphatic rings. The van der Waals surface area contributed by atoms with Crippen molar-refractivity contribution in [3.05, 3.63) is 92.4 Å². The molecule has 12 heteroatoms. The normalized spacial score (nSPS) is 12.9. The Hall–Kier alpha value is -2.49. The topological polar surface area (TPSA) is 86.8 Å². The highest BCUT2D eigenvalue weighted by Gasteiger charge is 2.34. The summed E-state index contributed by atoms with van der Waals surface area (Å²) in [5.41, 5.74) is 0.430. The van der Waals surface area contributed by atoms with Crippen LogP contribution >= 0.6 is 46.4 Å². The second-order valence-electron chi connectivity index (χ2n) is 9.11. The third kappa shape index (κ3) is 7.42. The summed E-state index contributed by atoms with van der Waals surface area (Å²) in [6, 6.07) is 15.9. The smallest absolute Gasteiger partial charge is 0.264 e. The van der Waals surface area contributed by atoms with Crippen LogP contribution in [0, 0.1) is 0 Å². The zero-order valence-electron chi connectivity index (χ0n) is 22.1. The van der Waals surface area contributed by atoms with Gasteiger partial charge in [-0.3, -0.25) is 13.9 Å². The molecule has 7 nitrogen and oxygen atoms in total. The summed E-state index contributed by atoms with van der Waals surface area (Å²) in [4.78, 5) is 28.3. The molecule has 0 spiro atoms. The fraction of sp³-hybridized carbons (Fsp3) is 0.286. The first-order valence-corrected chi connectivity index (χ1v) is 15.4. The minimum atomic E-state index is -4.29. The van der Waals surface area contributed by atoms with E-state index in [1.165, 1.54) is 35.2 Å². The van der Waals surface area contributed by atoms with Crippen molar-refractivity contribution in [3.63, 3.8) is 0 Å². The van der Waals surface area contributed by atoms with Gasteiger partial charge in [0.05, 0.1) is 20.6 Å². The molecule has 0 radical (unpaired) electrons. The van der Waals surface area contributed by atoms with E-state index in [2.05, 4.69) is 5.32 Å². The molecule has 0 saturated carbocycles. The van der Waals surface area contributed by atoms with Crippen LogP contribution in [0.5, 0.6) is 0 Å². The molecule has 3 rings (SSSR count). The van der Waals surface area contributed by atoms with Crippen LogP contribution in [0.3, 0.4) is 0 Å². The number of carbonyl (C=O) groups excluding carboxylic acids is 2. The zero-order valence-corrected chi connectivity index (χ0v) is 25.9. The SMILES string of the molecule is CCC(C)NC(=O)C(C)N(Cc1c(Cl)cccc1Cl)C(=O)CN(c1cccc(Cl)c1Cl)S(=O)(=O)c1ccccc1. The first-order chi connectivity index (χ1) is 18.9. The maximum Gasteiger partial charge on any atom is 0.264 e. The van der Waals surface area contributed by atoms with Crippen LogP contribution in [0.1, 0.15) is 32.8 Å². The lowest BCUT2D eigenvalue weighted by Gasteiger charge is -2.33. The van der Waals surface area contributed by atoms with E-state index in [-0.39, 0.29) is 33.2 Å². The molecule has 0 heterocycles. The van der Waals surface area contributed by atoms with Crippen molar-refractivity contribution in [2.75, 3.05) is 10.8 Å². The maximum absolute atomic E-state index is 14.0. The highest BCUT2D eigenvalue weighted by atomic mass is 35.5. The number of hydrogen-bond acceptors (Lipinski definition) is 4. The van der Waals surface area contributed by atoms with Crippen molar-refractivity contribution in [1.29, 1.82) is 0 Å². The minimum Gasteiger partial charge on any atom is -0.352 e. The molecular formula is C28H29Cl4N3O4S. The summed E-state index contributed by atoms with van der Waals surface area (Å²) < 4.78 is 28.6. The van der Waals surface area contributed by atoms with Crippen molar-refractivity contribution in [3.8, 4) is 0 Å². The van der Waals surface area contributed by atoms with E-state index >= 15 is 0 Å². The molecule has 0 aliphatic carbocycles. The Morgan fingerprint density at radius 1 is 0.850 bits per heavy atom. The van der Waals surface area contributed by atoms with E-state index in [1.54, 1.807) is 43.3 Å². The Kier molecular flexibility index (Phi) is 11.1. The van der Waals surface area contributed by atoms with E-state index in [0.29, 0.717) is 22.0 Å². The standard InChI is InChI=1S/C28H29Cl4N3O4S/c1-4-18(2)33-28(37)19(3)34(16-21-22(29)12-8-13-23(21)30)26(36)17-35(25-15-9-14-24(31)27(25)32)40(38,39)20-10-6-5-7-11-20/h5-15,18-19H,4,16-17H2,1-3H3,(H,33,37). The Balaban J connectivity index is 2.10. The number of nitrogens with zero attached hydrogens (tertiary/aromatic N) is 2. The molecule has 2 amide bonds. The lowest BCUT2D eigenvalue weighted by atomic mass is 10.1. The number of sulfonamides is 1. The Morgan fingerprint density at radius 3 is 2.02 bits per heavy atom. The van der Waals surface area contributed by atoms with Crippen LogP contribution in [-0.2, 0) is 26.2 Å². The maximum atomic E-state index is 14.0. The monoisotopic (exact) mass is 643 g/mol. The van der Waals surface area contributed by atoms with E-state index in [0.717, 1.165) is 4.31 Å². The number of halogens is 4. The van der Waals surface area contributed by atoms with Crippen molar-refractivity contribution >= 4 is 73.9 Å². The lowest BCUT2D eigenvalue weighted by molar-refractivity contribution is -0.139. The predicted molar refractivity (Wildman–Crippen MR) is 162 cm³/mol. The lowest BCUT2D eigenvalue weighted by Crippen LogP contribution is -2.52. The van der Waals surface area contributed by atoms with Gasteiger partial charge in [0.25, 0.3) is 10.0 Å². The molecule has 214 valence electrons. The van der Waals surface area contributed by atoms with Gasteiger partial charge in [-0.2, -0.15) is 0 Å². The summed E-state index contributed by atoms with van der Waals surface area (Å²) in [6.07, 6.45) is 0.680. The molecule has 2 unspecified atom stereocenters. The van der Waals surface area contributed by atoms with Crippen LogP contribution < -0.4 is 9.62 Å². The van der Waals surface area contributed by atoms with Crippen molar-refractivity contribution in [1.82, 2.24) is 10.2 Å². The molecule has 1 N–H and O–H groups in total. The van der Waals surface area contributed by atoms with Crippen LogP contribution in [0.2, 0.25) is 20.1 Å². The number of nitrogens with one attached hydrogen (secondary N) is 1. The first-order valence-electron chi connectivity index (χ1n) is 12.4. The van der Waals surface area contributed by atoms with E-state index < -0.39 is 34.4 Å². The third-order valence-electron chi connectivity index (χ3n) is 6.37. The molecule has 0 saturated heterocycles. The summed E-state index contributed by atoms with van der Waals surface area (Å²) in [5.74, 6) is -1.09. The molecule has 0 aliphatic heterocycles. The highest BCUT2D eigenvalue weighted by molar-refractivity contribution is 7.92. The number of anilines is 1. The van der Waals surface area contributed by atoms with Gasteiger partial charge >= 0.3 is 0 Å². The second-order valence-corrected chi connectivity index (χ2v) is 12.6. The summed E-state index contributed by atoms with van der Waals surface area (Å²) in [6.45, 7) is 4.50. The van der Waals surface area contributed by atoms with E-state index in [1.807, 2.05) is 13.8 Å². The predicted octanol–water partition coefficient (Wildman–Crippen LogP) is 6.83. The highest BCUT2D eigenvalue weighted by Crippen LogP contribution is 2.36. The van der Waals surface area contributed by atoms with Gasteiger partial charge in [-0.15, -0.1) is 0 Å². The molecule has 0 bridgehead atoms. The second kappa shape index (κ2) is 13.9. The molecule has 40 heavy (non-hydrogen) atoms. The summed E-state index contributed by atoms with van der Waals surface area (Å²) in [7, 11) is -4.29. The van der Waals surface area contributed by atoms with Crippen LogP contribution in [0.25, 0.3) is 0 Å². The quantitative estimate of drug-likeness (QED) is 0.248. The average molecular weight is 645 g/mol. The van der Waals surface area contributed by atoms with Gasteiger partial charge in [0, 0.05) is 28.2 Å². The number of carbonyl (C=O) groups is 2. The van der Waals surface area contributed by atoms with Crippen molar-refractivity contribution in [2.24, 2.45) is 0 Å². The Morgan fingerprint density at radius 2 is 1.43 bits per heavy atom. The zero-order chi connectivity index (χ0) is 29.6. The number of benzene rings is 3. The van der Waals surface area contributed by atoms with Gasteiger partial charge in [0.1, 0.15) is 12.6 Å². The molecule has 3 aromatic rings.